The summed E-state index contributed by atoms with van der Waals surface area (Å²) in [7, 11) is 0. The fourth-order valence-corrected chi connectivity index (χ4v) is 0.694. The third-order valence-electron chi connectivity index (χ3n) is 1.41. The van der Waals surface area contributed by atoms with Crippen molar-refractivity contribution in [2.45, 2.75) is 26.7 Å². The van der Waals surface area contributed by atoms with E-state index >= 15 is 0 Å². The highest BCUT2D eigenvalue weighted by Gasteiger charge is 2.03. The van der Waals surface area contributed by atoms with Crippen molar-refractivity contribution in [3.05, 3.63) is 0 Å². The van der Waals surface area contributed by atoms with E-state index in [0.717, 1.165) is 6.42 Å². The lowest BCUT2D eigenvalue weighted by atomic mass is 10.1. The molecule has 4 nitrogen and oxygen atoms in total. The maximum absolute atomic E-state index is 10.9. The number of amides is 2. The fraction of sp³-hybridized carbons (Fsp3) is 0.750. The van der Waals surface area contributed by atoms with Crippen LogP contribution in [0.4, 0.5) is 0 Å². The van der Waals surface area contributed by atoms with Gasteiger partial charge < -0.3 is 11.1 Å². The number of carbonyl (C=O) groups excluding carboxylic acids is 2. The topological polar surface area (TPSA) is 72.2 Å². The summed E-state index contributed by atoms with van der Waals surface area (Å²) in [6, 6.07) is 0. The molecule has 0 atom stereocenters. The van der Waals surface area contributed by atoms with E-state index in [1.54, 1.807) is 0 Å². The molecule has 0 rings (SSSR count). The Morgan fingerprint density at radius 3 is 2.42 bits per heavy atom. The highest BCUT2D eigenvalue weighted by molar-refractivity contribution is 5.83. The van der Waals surface area contributed by atoms with Gasteiger partial charge in [0.1, 0.15) is 0 Å². The SMILES string of the molecule is CC(C)CCC(=O)NCC(N)=O. The molecule has 0 bridgehead atoms. The minimum absolute atomic E-state index is 0.0586. The normalized spacial score (nSPS) is 9.92. The summed E-state index contributed by atoms with van der Waals surface area (Å²) in [5.41, 5.74) is 4.84. The van der Waals surface area contributed by atoms with E-state index < -0.39 is 5.91 Å². The molecule has 0 aromatic heterocycles. The van der Waals surface area contributed by atoms with Crippen LogP contribution in [0.2, 0.25) is 0 Å². The Bertz CT molecular complexity index is 166. The Morgan fingerprint density at radius 2 is 2.00 bits per heavy atom. The van der Waals surface area contributed by atoms with Crippen LogP contribution in [0, 0.1) is 5.92 Å². The van der Waals surface area contributed by atoms with E-state index in [1.807, 2.05) is 13.8 Å². The predicted octanol–water partition coefficient (Wildman–Crippen LogP) is 0.0241. The van der Waals surface area contributed by atoms with Gasteiger partial charge in [-0.05, 0) is 12.3 Å². The molecule has 0 saturated carbocycles. The van der Waals surface area contributed by atoms with Crippen molar-refractivity contribution in [2.24, 2.45) is 11.7 Å². The molecule has 0 aliphatic rings. The van der Waals surface area contributed by atoms with Crippen LogP contribution in [0.1, 0.15) is 26.7 Å². The molecule has 0 aliphatic heterocycles. The van der Waals surface area contributed by atoms with E-state index in [9.17, 15) is 9.59 Å². The number of carbonyl (C=O) groups is 2. The smallest absolute Gasteiger partial charge is 0.236 e. The molecule has 0 fully saturated rings. The summed E-state index contributed by atoms with van der Waals surface area (Å²) in [5.74, 6) is -0.111. The van der Waals surface area contributed by atoms with E-state index in [2.05, 4.69) is 5.32 Å². The van der Waals surface area contributed by atoms with Gasteiger partial charge in [-0.3, -0.25) is 9.59 Å². The van der Waals surface area contributed by atoms with Crippen LogP contribution in [-0.4, -0.2) is 18.4 Å². The second-order valence-electron chi connectivity index (χ2n) is 3.18. The molecule has 0 heterocycles. The molecule has 2 amide bonds. The number of rotatable bonds is 5. The average Bonchev–Trinajstić information content (AvgIpc) is 1.96. The van der Waals surface area contributed by atoms with Gasteiger partial charge in [-0.1, -0.05) is 13.8 Å². The number of primary amides is 1. The summed E-state index contributed by atoms with van der Waals surface area (Å²) < 4.78 is 0. The van der Waals surface area contributed by atoms with Gasteiger partial charge in [-0.2, -0.15) is 0 Å². The van der Waals surface area contributed by atoms with E-state index in [0.29, 0.717) is 12.3 Å². The average molecular weight is 172 g/mol. The van der Waals surface area contributed by atoms with Gasteiger partial charge in [-0.15, -0.1) is 0 Å². The van der Waals surface area contributed by atoms with Crippen LogP contribution >= 0.6 is 0 Å². The van der Waals surface area contributed by atoms with Crippen molar-refractivity contribution in [3.63, 3.8) is 0 Å². The molecule has 0 spiro atoms. The highest BCUT2D eigenvalue weighted by Crippen LogP contribution is 2.02. The third kappa shape index (κ3) is 7.05. The molecule has 70 valence electrons. The monoisotopic (exact) mass is 172 g/mol. The van der Waals surface area contributed by atoms with E-state index in [1.165, 1.54) is 0 Å². The fourth-order valence-electron chi connectivity index (χ4n) is 0.694. The van der Waals surface area contributed by atoms with Gasteiger partial charge in [-0.25, -0.2) is 0 Å². The lowest BCUT2D eigenvalue weighted by Crippen LogP contribution is -2.33. The number of hydrogen-bond donors (Lipinski definition) is 2. The van der Waals surface area contributed by atoms with Crippen LogP contribution < -0.4 is 11.1 Å². The molecular weight excluding hydrogens is 156 g/mol. The van der Waals surface area contributed by atoms with Crippen LogP contribution in [0.25, 0.3) is 0 Å². The van der Waals surface area contributed by atoms with Crippen molar-refractivity contribution in [2.75, 3.05) is 6.54 Å². The number of nitrogens with one attached hydrogen (secondary N) is 1. The largest absolute Gasteiger partial charge is 0.368 e. The predicted molar refractivity (Wildman–Crippen MR) is 46.3 cm³/mol. The molecule has 12 heavy (non-hydrogen) atoms. The third-order valence-corrected chi connectivity index (χ3v) is 1.41. The lowest BCUT2D eigenvalue weighted by molar-refractivity contribution is -0.124. The zero-order valence-electron chi connectivity index (χ0n) is 7.59. The van der Waals surface area contributed by atoms with Gasteiger partial charge in [0.15, 0.2) is 0 Å². The Morgan fingerprint density at radius 1 is 1.42 bits per heavy atom. The van der Waals surface area contributed by atoms with E-state index in [4.69, 9.17) is 5.73 Å². The Labute approximate surface area is 72.5 Å². The minimum atomic E-state index is -0.507. The molecular formula is C8H16N2O2. The first-order valence-electron chi connectivity index (χ1n) is 4.07. The van der Waals surface area contributed by atoms with Gasteiger partial charge in [0.05, 0.1) is 6.54 Å². The van der Waals surface area contributed by atoms with Crippen molar-refractivity contribution in [1.29, 1.82) is 0 Å². The van der Waals surface area contributed by atoms with Crippen LogP contribution in [0.15, 0.2) is 0 Å². The molecule has 0 aliphatic carbocycles. The molecule has 3 N–H and O–H groups in total. The molecule has 4 heteroatoms. The van der Waals surface area contributed by atoms with Gasteiger partial charge in [0.25, 0.3) is 0 Å². The summed E-state index contributed by atoms with van der Waals surface area (Å²) in [6.45, 7) is 4.03. The quantitative estimate of drug-likeness (QED) is 0.613. The van der Waals surface area contributed by atoms with Gasteiger partial charge in [0.2, 0.25) is 11.8 Å². The number of nitrogens with two attached hydrogens (primary N) is 1. The second-order valence-corrected chi connectivity index (χ2v) is 3.18. The molecule has 0 aromatic rings. The summed E-state index contributed by atoms with van der Waals surface area (Å²) >= 11 is 0. The summed E-state index contributed by atoms with van der Waals surface area (Å²) in [5, 5.41) is 2.42. The first kappa shape index (κ1) is 10.9. The summed E-state index contributed by atoms with van der Waals surface area (Å²) in [4.78, 5) is 21.2. The minimum Gasteiger partial charge on any atom is -0.368 e. The molecule has 0 radical (unpaired) electrons. The van der Waals surface area contributed by atoms with Crippen molar-refractivity contribution >= 4 is 11.8 Å². The van der Waals surface area contributed by atoms with Crippen LogP contribution in [0.5, 0.6) is 0 Å². The highest BCUT2D eigenvalue weighted by atomic mass is 16.2. The van der Waals surface area contributed by atoms with Crippen LogP contribution in [-0.2, 0) is 9.59 Å². The second kappa shape index (κ2) is 5.57. The van der Waals surface area contributed by atoms with E-state index in [-0.39, 0.29) is 12.5 Å². The Balaban J connectivity index is 3.40. The standard InChI is InChI=1S/C8H16N2O2/c1-6(2)3-4-8(12)10-5-7(9)11/h6H,3-5H2,1-2H3,(H2,9,11)(H,10,12). The molecule has 0 unspecified atom stereocenters. The van der Waals surface area contributed by atoms with Gasteiger partial charge in [0, 0.05) is 6.42 Å². The molecule has 0 aromatic carbocycles. The maximum Gasteiger partial charge on any atom is 0.236 e. The van der Waals surface area contributed by atoms with Crippen LogP contribution in [0.3, 0.4) is 0 Å². The lowest BCUT2D eigenvalue weighted by Gasteiger charge is -2.04. The maximum atomic E-state index is 10.9. The first-order chi connectivity index (χ1) is 5.52. The summed E-state index contributed by atoms with van der Waals surface area (Å²) in [6.07, 6.45) is 1.30. The van der Waals surface area contributed by atoms with Gasteiger partial charge >= 0.3 is 0 Å². The number of hydrogen-bond acceptors (Lipinski definition) is 2. The van der Waals surface area contributed by atoms with Crippen molar-refractivity contribution in [1.82, 2.24) is 5.32 Å². The Hall–Kier alpha value is -1.06. The zero-order valence-corrected chi connectivity index (χ0v) is 7.59. The first-order valence-corrected chi connectivity index (χ1v) is 4.07. The van der Waals surface area contributed by atoms with Crippen molar-refractivity contribution in [3.8, 4) is 0 Å². The molecule has 0 saturated heterocycles. The van der Waals surface area contributed by atoms with Crippen molar-refractivity contribution < 1.29 is 9.59 Å². The Kier molecular flexibility index (Phi) is 5.08. The zero-order chi connectivity index (χ0) is 9.56.